The SMILES string of the molecule is C/N=C\OCC(C)CC(C)C. The number of ether oxygens (including phenoxy) is 1. The van der Waals surface area contributed by atoms with Crippen LogP contribution >= 0.6 is 0 Å². The smallest absolute Gasteiger partial charge is 0.169 e. The maximum absolute atomic E-state index is 5.15. The highest BCUT2D eigenvalue weighted by atomic mass is 16.5. The van der Waals surface area contributed by atoms with Crippen molar-refractivity contribution in [2.75, 3.05) is 13.7 Å². The highest BCUT2D eigenvalue weighted by molar-refractivity contribution is 5.45. The van der Waals surface area contributed by atoms with Gasteiger partial charge in [-0.15, -0.1) is 0 Å². The first-order chi connectivity index (χ1) is 5.16. The molecule has 0 bridgehead atoms. The zero-order valence-corrected chi connectivity index (χ0v) is 8.00. The molecule has 2 heteroatoms. The third kappa shape index (κ3) is 7.37. The van der Waals surface area contributed by atoms with Crippen LogP contribution < -0.4 is 0 Å². The van der Waals surface area contributed by atoms with Crippen LogP contribution in [-0.2, 0) is 4.74 Å². The molecule has 1 unspecified atom stereocenters. The zero-order valence-electron chi connectivity index (χ0n) is 8.00. The molecule has 0 aromatic carbocycles. The average Bonchev–Trinajstić information content (AvgIpc) is 1.86. The lowest BCUT2D eigenvalue weighted by Gasteiger charge is -2.12. The van der Waals surface area contributed by atoms with E-state index in [1.54, 1.807) is 7.05 Å². The van der Waals surface area contributed by atoms with Gasteiger partial charge in [-0.3, -0.25) is 4.99 Å². The Hall–Kier alpha value is -0.530. The van der Waals surface area contributed by atoms with Crippen LogP contribution in [0.15, 0.2) is 4.99 Å². The topological polar surface area (TPSA) is 21.6 Å². The van der Waals surface area contributed by atoms with Crippen molar-refractivity contribution in [3.05, 3.63) is 0 Å². The van der Waals surface area contributed by atoms with E-state index in [1.165, 1.54) is 12.8 Å². The summed E-state index contributed by atoms with van der Waals surface area (Å²) in [5.74, 6) is 1.39. The van der Waals surface area contributed by atoms with E-state index in [-0.39, 0.29) is 0 Å². The highest BCUT2D eigenvalue weighted by Gasteiger charge is 2.03. The molecule has 0 aliphatic heterocycles. The van der Waals surface area contributed by atoms with Crippen molar-refractivity contribution in [2.45, 2.75) is 27.2 Å². The lowest BCUT2D eigenvalue weighted by atomic mass is 10.00. The molecule has 11 heavy (non-hydrogen) atoms. The summed E-state index contributed by atoms with van der Waals surface area (Å²) in [5.41, 5.74) is 0. The predicted molar refractivity (Wildman–Crippen MR) is 49.0 cm³/mol. The molecule has 66 valence electrons. The molecule has 0 fully saturated rings. The Kier molecular flexibility index (Phi) is 5.90. The lowest BCUT2D eigenvalue weighted by Crippen LogP contribution is -2.07. The molecule has 0 heterocycles. The minimum Gasteiger partial charge on any atom is -0.483 e. The van der Waals surface area contributed by atoms with Crippen molar-refractivity contribution in [3.63, 3.8) is 0 Å². The van der Waals surface area contributed by atoms with E-state index >= 15 is 0 Å². The van der Waals surface area contributed by atoms with E-state index in [2.05, 4.69) is 25.8 Å². The van der Waals surface area contributed by atoms with Crippen LogP contribution in [0.25, 0.3) is 0 Å². The fourth-order valence-electron chi connectivity index (χ4n) is 1.15. The monoisotopic (exact) mass is 157 g/mol. The molecule has 0 aliphatic rings. The molecule has 0 amide bonds. The normalized spacial score (nSPS) is 14.3. The number of rotatable bonds is 5. The third-order valence-electron chi connectivity index (χ3n) is 1.43. The van der Waals surface area contributed by atoms with Crippen LogP contribution in [0, 0.1) is 11.8 Å². The lowest BCUT2D eigenvalue weighted by molar-refractivity contribution is 0.238. The van der Waals surface area contributed by atoms with Gasteiger partial charge in [0.1, 0.15) is 0 Å². The Labute approximate surface area is 69.7 Å². The molecule has 0 aliphatic carbocycles. The number of hydrogen-bond donors (Lipinski definition) is 0. The Balaban J connectivity index is 3.29. The van der Waals surface area contributed by atoms with E-state index in [0.29, 0.717) is 5.92 Å². The molecule has 1 atom stereocenters. The second-order valence-electron chi connectivity index (χ2n) is 3.43. The Morgan fingerprint density at radius 3 is 2.45 bits per heavy atom. The van der Waals surface area contributed by atoms with Crippen molar-refractivity contribution in [3.8, 4) is 0 Å². The molecule has 2 nitrogen and oxygen atoms in total. The van der Waals surface area contributed by atoms with Crippen LogP contribution in [0.2, 0.25) is 0 Å². The van der Waals surface area contributed by atoms with Gasteiger partial charge in [0.25, 0.3) is 0 Å². The molecular weight excluding hydrogens is 138 g/mol. The summed E-state index contributed by atoms with van der Waals surface area (Å²) in [6.45, 7) is 7.44. The van der Waals surface area contributed by atoms with Gasteiger partial charge in [0.2, 0.25) is 0 Å². The van der Waals surface area contributed by atoms with Gasteiger partial charge in [-0.05, 0) is 18.3 Å². The van der Waals surface area contributed by atoms with Crippen LogP contribution in [0.1, 0.15) is 27.2 Å². The minimum absolute atomic E-state index is 0.632. The first-order valence-electron chi connectivity index (χ1n) is 4.19. The molecule has 0 rings (SSSR count). The number of aliphatic imine (C=N–C) groups is 1. The highest BCUT2D eigenvalue weighted by Crippen LogP contribution is 2.10. The van der Waals surface area contributed by atoms with Gasteiger partial charge in [0.15, 0.2) is 6.40 Å². The molecule has 0 N–H and O–H groups in total. The Bertz CT molecular complexity index is 110. The van der Waals surface area contributed by atoms with Crippen molar-refractivity contribution in [2.24, 2.45) is 16.8 Å². The molecule has 0 radical (unpaired) electrons. The summed E-state index contributed by atoms with van der Waals surface area (Å²) in [5, 5.41) is 0. The molecule has 0 aromatic rings. The van der Waals surface area contributed by atoms with E-state index in [1.807, 2.05) is 0 Å². The second kappa shape index (κ2) is 6.20. The van der Waals surface area contributed by atoms with Crippen molar-refractivity contribution in [1.82, 2.24) is 0 Å². The number of nitrogens with zero attached hydrogens (tertiary/aromatic N) is 1. The second-order valence-corrected chi connectivity index (χ2v) is 3.43. The molecule has 0 saturated heterocycles. The fourth-order valence-corrected chi connectivity index (χ4v) is 1.15. The Morgan fingerprint density at radius 1 is 1.36 bits per heavy atom. The van der Waals surface area contributed by atoms with E-state index in [0.717, 1.165) is 12.5 Å². The van der Waals surface area contributed by atoms with Crippen molar-refractivity contribution >= 4 is 6.40 Å². The molecule has 0 aromatic heterocycles. The van der Waals surface area contributed by atoms with Crippen LogP contribution in [0.4, 0.5) is 0 Å². The number of hydrogen-bond acceptors (Lipinski definition) is 2. The summed E-state index contributed by atoms with van der Waals surface area (Å²) in [4.78, 5) is 3.74. The summed E-state index contributed by atoms with van der Waals surface area (Å²) >= 11 is 0. The summed E-state index contributed by atoms with van der Waals surface area (Å²) in [6, 6.07) is 0. The largest absolute Gasteiger partial charge is 0.483 e. The maximum Gasteiger partial charge on any atom is 0.169 e. The van der Waals surface area contributed by atoms with E-state index in [4.69, 9.17) is 4.74 Å². The fraction of sp³-hybridized carbons (Fsp3) is 0.889. The first-order valence-corrected chi connectivity index (χ1v) is 4.19. The van der Waals surface area contributed by atoms with Gasteiger partial charge in [-0.1, -0.05) is 20.8 Å². The van der Waals surface area contributed by atoms with Crippen molar-refractivity contribution < 1.29 is 4.74 Å². The third-order valence-corrected chi connectivity index (χ3v) is 1.43. The van der Waals surface area contributed by atoms with E-state index < -0.39 is 0 Å². The summed E-state index contributed by atoms with van der Waals surface area (Å²) in [7, 11) is 1.72. The van der Waals surface area contributed by atoms with Crippen LogP contribution in [-0.4, -0.2) is 20.1 Å². The predicted octanol–water partition coefficient (Wildman–Crippen LogP) is 2.34. The van der Waals surface area contributed by atoms with Gasteiger partial charge < -0.3 is 4.74 Å². The van der Waals surface area contributed by atoms with Gasteiger partial charge in [0.05, 0.1) is 6.61 Å². The quantitative estimate of drug-likeness (QED) is 0.443. The van der Waals surface area contributed by atoms with Crippen LogP contribution in [0.3, 0.4) is 0 Å². The van der Waals surface area contributed by atoms with E-state index in [9.17, 15) is 0 Å². The first kappa shape index (κ1) is 10.5. The zero-order chi connectivity index (χ0) is 8.69. The van der Waals surface area contributed by atoms with Gasteiger partial charge in [0, 0.05) is 7.05 Å². The maximum atomic E-state index is 5.15. The molecular formula is C9H19NO. The van der Waals surface area contributed by atoms with Crippen molar-refractivity contribution in [1.29, 1.82) is 0 Å². The minimum atomic E-state index is 0.632. The standard InChI is InChI=1S/C9H19NO/c1-8(2)5-9(3)6-11-7-10-4/h7-9H,5-6H2,1-4H3/b10-7-. The van der Waals surface area contributed by atoms with Gasteiger partial charge in [-0.2, -0.15) is 0 Å². The molecule has 0 saturated carbocycles. The average molecular weight is 157 g/mol. The van der Waals surface area contributed by atoms with Gasteiger partial charge >= 0.3 is 0 Å². The van der Waals surface area contributed by atoms with Crippen LogP contribution in [0.5, 0.6) is 0 Å². The summed E-state index contributed by atoms with van der Waals surface area (Å²) < 4.78 is 5.15. The molecule has 0 spiro atoms. The summed E-state index contributed by atoms with van der Waals surface area (Å²) in [6.07, 6.45) is 2.73. The Morgan fingerprint density at radius 2 is 2.00 bits per heavy atom. The van der Waals surface area contributed by atoms with Gasteiger partial charge in [-0.25, -0.2) is 0 Å².